The van der Waals surface area contributed by atoms with Crippen molar-refractivity contribution in [2.75, 3.05) is 32.5 Å². The summed E-state index contributed by atoms with van der Waals surface area (Å²) in [7, 11) is 4.11. The van der Waals surface area contributed by atoms with E-state index in [1.165, 1.54) is 0 Å². The third-order valence-electron chi connectivity index (χ3n) is 3.16. The molecule has 5 heteroatoms. The van der Waals surface area contributed by atoms with Crippen LogP contribution in [-0.2, 0) is 0 Å². The third kappa shape index (κ3) is 3.51. The quantitative estimate of drug-likeness (QED) is 0.903. The number of hydrogen-bond acceptors (Lipinski definition) is 5. The first-order chi connectivity index (χ1) is 9.58. The van der Waals surface area contributed by atoms with Crippen molar-refractivity contribution in [3.8, 4) is 11.4 Å². The second kappa shape index (κ2) is 6.43. The minimum atomic E-state index is 0.716. The molecule has 0 spiro atoms. The summed E-state index contributed by atoms with van der Waals surface area (Å²) in [5.41, 5.74) is 3.02. The van der Waals surface area contributed by atoms with E-state index in [4.69, 9.17) is 0 Å². The number of aryl methyl sites for hydroxylation is 1. The standard InChI is InChI=1S/C15H21N5/c1-11-12(2)18-15(13-6-5-7-16-10-13)19-14(11)17-8-9-20(3)4/h5-7,10H,8-9H2,1-4H3,(H,17,18,19). The Morgan fingerprint density at radius 2 is 2.00 bits per heavy atom. The number of likely N-dealkylation sites (N-methyl/N-ethyl adjacent to an activating group) is 1. The predicted octanol–water partition coefficient (Wildman–Crippen LogP) is 2.13. The van der Waals surface area contributed by atoms with Crippen LogP contribution in [0.4, 0.5) is 5.82 Å². The lowest BCUT2D eigenvalue weighted by molar-refractivity contribution is 0.425. The van der Waals surface area contributed by atoms with E-state index in [2.05, 4.69) is 39.3 Å². The van der Waals surface area contributed by atoms with Crippen LogP contribution in [0.25, 0.3) is 11.4 Å². The average molecular weight is 271 g/mol. The lowest BCUT2D eigenvalue weighted by Gasteiger charge is -2.14. The first kappa shape index (κ1) is 14.4. The maximum absolute atomic E-state index is 4.62. The summed E-state index contributed by atoms with van der Waals surface area (Å²) in [6.45, 7) is 5.87. The van der Waals surface area contributed by atoms with Crippen LogP contribution in [0.5, 0.6) is 0 Å². The Labute approximate surface area is 120 Å². The number of anilines is 1. The average Bonchev–Trinajstić information content (AvgIpc) is 2.44. The van der Waals surface area contributed by atoms with Gasteiger partial charge < -0.3 is 10.2 Å². The van der Waals surface area contributed by atoms with Crippen LogP contribution >= 0.6 is 0 Å². The van der Waals surface area contributed by atoms with Gasteiger partial charge in [-0.15, -0.1) is 0 Å². The molecule has 1 N–H and O–H groups in total. The summed E-state index contributed by atoms with van der Waals surface area (Å²) < 4.78 is 0. The van der Waals surface area contributed by atoms with E-state index in [9.17, 15) is 0 Å². The topological polar surface area (TPSA) is 53.9 Å². The van der Waals surface area contributed by atoms with Crippen molar-refractivity contribution in [1.82, 2.24) is 19.9 Å². The van der Waals surface area contributed by atoms with Gasteiger partial charge in [0, 0.05) is 42.3 Å². The van der Waals surface area contributed by atoms with Gasteiger partial charge in [0.25, 0.3) is 0 Å². The molecule has 0 saturated carbocycles. The maximum atomic E-state index is 4.62. The second-order valence-corrected chi connectivity index (χ2v) is 5.08. The minimum Gasteiger partial charge on any atom is -0.368 e. The summed E-state index contributed by atoms with van der Waals surface area (Å²) in [5.74, 6) is 1.62. The molecule has 0 unspecified atom stereocenters. The number of aromatic nitrogens is 3. The molecule has 0 bridgehead atoms. The van der Waals surface area contributed by atoms with Gasteiger partial charge >= 0.3 is 0 Å². The van der Waals surface area contributed by atoms with Crippen LogP contribution in [0.15, 0.2) is 24.5 Å². The van der Waals surface area contributed by atoms with Gasteiger partial charge in [-0.2, -0.15) is 0 Å². The Morgan fingerprint density at radius 1 is 1.20 bits per heavy atom. The molecule has 0 amide bonds. The second-order valence-electron chi connectivity index (χ2n) is 5.08. The van der Waals surface area contributed by atoms with Crippen LogP contribution in [-0.4, -0.2) is 47.0 Å². The molecule has 0 aliphatic carbocycles. The Morgan fingerprint density at radius 3 is 2.65 bits per heavy atom. The first-order valence-corrected chi connectivity index (χ1v) is 6.72. The van der Waals surface area contributed by atoms with E-state index in [0.29, 0.717) is 5.82 Å². The van der Waals surface area contributed by atoms with Gasteiger partial charge in [-0.25, -0.2) is 9.97 Å². The fourth-order valence-electron chi connectivity index (χ4n) is 1.82. The molecule has 0 aliphatic rings. The van der Waals surface area contributed by atoms with Crippen LogP contribution in [0.3, 0.4) is 0 Å². The monoisotopic (exact) mass is 271 g/mol. The molecule has 0 fully saturated rings. The van der Waals surface area contributed by atoms with Crippen LogP contribution < -0.4 is 5.32 Å². The summed E-state index contributed by atoms with van der Waals surface area (Å²) in [6.07, 6.45) is 3.54. The van der Waals surface area contributed by atoms with E-state index in [0.717, 1.165) is 35.7 Å². The first-order valence-electron chi connectivity index (χ1n) is 6.72. The summed E-state index contributed by atoms with van der Waals surface area (Å²) in [5, 5.41) is 3.38. The van der Waals surface area contributed by atoms with Crippen LogP contribution in [0.1, 0.15) is 11.3 Å². The number of pyridine rings is 1. The predicted molar refractivity (Wildman–Crippen MR) is 81.8 cm³/mol. The molecule has 2 aromatic rings. The van der Waals surface area contributed by atoms with Crippen molar-refractivity contribution in [3.05, 3.63) is 35.8 Å². The van der Waals surface area contributed by atoms with E-state index >= 15 is 0 Å². The van der Waals surface area contributed by atoms with Gasteiger partial charge in [0.05, 0.1) is 0 Å². The highest BCUT2D eigenvalue weighted by molar-refractivity contribution is 5.58. The van der Waals surface area contributed by atoms with Gasteiger partial charge in [0.15, 0.2) is 5.82 Å². The molecule has 0 radical (unpaired) electrons. The zero-order valence-corrected chi connectivity index (χ0v) is 12.5. The molecule has 2 heterocycles. The smallest absolute Gasteiger partial charge is 0.163 e. The Balaban J connectivity index is 2.26. The summed E-state index contributed by atoms with van der Waals surface area (Å²) >= 11 is 0. The summed E-state index contributed by atoms with van der Waals surface area (Å²) in [4.78, 5) is 15.4. The van der Waals surface area contributed by atoms with Crippen molar-refractivity contribution >= 4 is 5.82 Å². The molecule has 0 aromatic carbocycles. The van der Waals surface area contributed by atoms with Crippen molar-refractivity contribution in [2.45, 2.75) is 13.8 Å². The molecule has 0 aliphatic heterocycles. The number of rotatable bonds is 5. The number of nitrogens with one attached hydrogen (secondary N) is 1. The molecule has 106 valence electrons. The SMILES string of the molecule is Cc1nc(-c2cccnc2)nc(NCCN(C)C)c1C. The van der Waals surface area contributed by atoms with Crippen molar-refractivity contribution in [2.24, 2.45) is 0 Å². The molecule has 20 heavy (non-hydrogen) atoms. The minimum absolute atomic E-state index is 0.716. The number of hydrogen-bond donors (Lipinski definition) is 1. The summed E-state index contributed by atoms with van der Waals surface area (Å²) in [6, 6.07) is 3.87. The Kier molecular flexibility index (Phi) is 4.63. The molecule has 0 atom stereocenters. The van der Waals surface area contributed by atoms with Crippen LogP contribution in [0, 0.1) is 13.8 Å². The largest absolute Gasteiger partial charge is 0.368 e. The zero-order valence-electron chi connectivity index (χ0n) is 12.5. The fourth-order valence-corrected chi connectivity index (χ4v) is 1.82. The molecular weight excluding hydrogens is 250 g/mol. The molecular formula is C15H21N5. The molecule has 2 rings (SSSR count). The fraction of sp³-hybridized carbons (Fsp3) is 0.400. The normalized spacial score (nSPS) is 10.8. The Bertz CT molecular complexity index is 566. The zero-order chi connectivity index (χ0) is 14.5. The van der Waals surface area contributed by atoms with Gasteiger partial charge in [-0.05, 0) is 40.1 Å². The van der Waals surface area contributed by atoms with Gasteiger partial charge in [-0.3, -0.25) is 4.98 Å². The molecule has 5 nitrogen and oxygen atoms in total. The van der Waals surface area contributed by atoms with Crippen molar-refractivity contribution in [3.63, 3.8) is 0 Å². The molecule has 2 aromatic heterocycles. The van der Waals surface area contributed by atoms with Gasteiger partial charge in [-0.1, -0.05) is 0 Å². The highest BCUT2D eigenvalue weighted by Gasteiger charge is 2.09. The lowest BCUT2D eigenvalue weighted by Crippen LogP contribution is -2.21. The lowest BCUT2D eigenvalue weighted by atomic mass is 10.2. The highest BCUT2D eigenvalue weighted by atomic mass is 15.1. The van der Waals surface area contributed by atoms with Gasteiger partial charge in [0.1, 0.15) is 5.82 Å². The Hall–Kier alpha value is -2.01. The van der Waals surface area contributed by atoms with Crippen molar-refractivity contribution < 1.29 is 0 Å². The third-order valence-corrected chi connectivity index (χ3v) is 3.16. The maximum Gasteiger partial charge on any atom is 0.163 e. The van der Waals surface area contributed by atoms with E-state index < -0.39 is 0 Å². The van der Waals surface area contributed by atoms with Crippen LogP contribution in [0.2, 0.25) is 0 Å². The van der Waals surface area contributed by atoms with E-state index in [-0.39, 0.29) is 0 Å². The number of nitrogens with zero attached hydrogens (tertiary/aromatic N) is 4. The van der Waals surface area contributed by atoms with E-state index in [1.54, 1.807) is 12.4 Å². The van der Waals surface area contributed by atoms with E-state index in [1.807, 2.05) is 26.0 Å². The highest BCUT2D eigenvalue weighted by Crippen LogP contribution is 2.20. The van der Waals surface area contributed by atoms with Gasteiger partial charge in [0.2, 0.25) is 0 Å². The molecule has 0 saturated heterocycles. The van der Waals surface area contributed by atoms with Crippen molar-refractivity contribution in [1.29, 1.82) is 0 Å².